The molecule has 0 aliphatic carbocycles. The summed E-state index contributed by atoms with van der Waals surface area (Å²) in [6.45, 7) is 7.56. The molecule has 2 aliphatic heterocycles. The Morgan fingerprint density at radius 3 is 1.75 bits per heavy atom. The van der Waals surface area contributed by atoms with Crippen molar-refractivity contribution in [1.29, 1.82) is 0 Å². The molecule has 2 heterocycles. The smallest absolute Gasteiger partial charge is 0.246 e. The first kappa shape index (κ1) is 30.4. The first-order valence-corrected chi connectivity index (χ1v) is 16.0. The summed E-state index contributed by atoms with van der Waals surface area (Å²) in [7, 11) is -7.05. The van der Waals surface area contributed by atoms with E-state index in [0.717, 1.165) is 6.07 Å². The van der Waals surface area contributed by atoms with Crippen molar-refractivity contribution in [1.82, 2.24) is 8.61 Å². The zero-order valence-corrected chi connectivity index (χ0v) is 24.9. The molecule has 0 bridgehead atoms. The Kier molecular flexibility index (Phi) is 9.18. The SMILES string of the molecule is COc1cc(/C=C/C(=O)c2ccccc2)c(S(=O)(=O)N2C[C@@H](C)O[C@@H](C)C2)cc1S(=O)(=O)N1C[C@H](C)O[C@@H](C)C1. The number of nitrogens with zero attached hydrogens (tertiary/aromatic N) is 2. The number of hydrogen-bond donors (Lipinski definition) is 0. The number of ether oxygens (including phenoxy) is 3. The van der Waals surface area contributed by atoms with Gasteiger partial charge in [-0.3, -0.25) is 4.79 Å². The van der Waals surface area contributed by atoms with Crippen LogP contribution in [0.4, 0.5) is 0 Å². The van der Waals surface area contributed by atoms with Gasteiger partial charge >= 0.3 is 0 Å². The van der Waals surface area contributed by atoms with Crippen LogP contribution in [0, 0.1) is 0 Å². The van der Waals surface area contributed by atoms with Gasteiger partial charge in [-0.05, 0) is 57.5 Å². The van der Waals surface area contributed by atoms with Crippen molar-refractivity contribution in [2.24, 2.45) is 0 Å². The molecule has 0 radical (unpaired) electrons. The number of morpholine rings is 2. The maximum atomic E-state index is 14.1. The molecule has 2 aliphatic rings. The highest BCUT2D eigenvalue weighted by molar-refractivity contribution is 7.90. The molecule has 2 saturated heterocycles. The van der Waals surface area contributed by atoms with Gasteiger partial charge in [-0.2, -0.15) is 8.61 Å². The van der Waals surface area contributed by atoms with E-state index in [0.29, 0.717) is 5.56 Å². The summed E-state index contributed by atoms with van der Waals surface area (Å²) >= 11 is 0. The molecule has 10 nitrogen and oxygen atoms in total. The summed E-state index contributed by atoms with van der Waals surface area (Å²) in [5.74, 6) is -0.356. The van der Waals surface area contributed by atoms with Gasteiger partial charge in [-0.15, -0.1) is 0 Å². The minimum Gasteiger partial charge on any atom is -0.495 e. The highest BCUT2D eigenvalue weighted by atomic mass is 32.2. The van der Waals surface area contributed by atoms with E-state index >= 15 is 0 Å². The second kappa shape index (κ2) is 12.1. The van der Waals surface area contributed by atoms with Crippen LogP contribution in [0.2, 0.25) is 0 Å². The Morgan fingerprint density at radius 2 is 1.27 bits per heavy atom. The number of sulfonamides is 2. The average Bonchev–Trinajstić information content (AvgIpc) is 2.90. The second-order valence-corrected chi connectivity index (χ2v) is 14.1. The zero-order chi connectivity index (χ0) is 29.2. The van der Waals surface area contributed by atoms with Crippen LogP contribution in [0.15, 0.2) is 58.3 Å². The van der Waals surface area contributed by atoms with Crippen LogP contribution >= 0.6 is 0 Å². The van der Waals surface area contributed by atoms with E-state index in [4.69, 9.17) is 14.2 Å². The number of ketones is 1. The molecule has 2 aromatic carbocycles. The molecule has 0 N–H and O–H groups in total. The standard InChI is InChI=1S/C28H36N2O8S2/c1-19-15-29(16-20(2)37-19)39(32,33)27-14-28(40(34,35)30-17-21(3)38-22(4)18-30)26(36-5)13-24(27)11-12-25(31)23-9-7-6-8-10-23/h6-14,19-22H,15-18H2,1-5H3/b12-11+/t19-,20+,21-,22-/m0/s1. The molecule has 4 atom stereocenters. The predicted octanol–water partition coefficient (Wildman–Crippen LogP) is 3.19. The Balaban J connectivity index is 1.86. The number of methoxy groups -OCH3 is 1. The van der Waals surface area contributed by atoms with Crippen molar-refractivity contribution in [2.45, 2.75) is 61.9 Å². The summed E-state index contributed by atoms with van der Waals surface area (Å²) < 4.78 is 75.3. The number of carbonyl (C=O) groups excluding carboxylic acids is 1. The molecular formula is C28H36N2O8S2. The van der Waals surface area contributed by atoms with E-state index < -0.39 is 20.0 Å². The molecule has 218 valence electrons. The van der Waals surface area contributed by atoms with Gasteiger partial charge in [0.05, 0.1) is 36.4 Å². The third-order valence-corrected chi connectivity index (χ3v) is 10.5. The Labute approximate surface area is 236 Å². The molecule has 4 rings (SSSR count). The van der Waals surface area contributed by atoms with Crippen LogP contribution in [0.1, 0.15) is 43.6 Å². The number of rotatable bonds is 8. The number of allylic oxidation sites excluding steroid dienone is 1. The Bertz CT molecular complexity index is 1460. The van der Waals surface area contributed by atoms with E-state index in [1.165, 1.54) is 33.9 Å². The molecule has 0 aromatic heterocycles. The van der Waals surface area contributed by atoms with Crippen molar-refractivity contribution in [2.75, 3.05) is 33.3 Å². The quantitative estimate of drug-likeness (QED) is 0.339. The van der Waals surface area contributed by atoms with Crippen LogP contribution in [-0.4, -0.2) is 88.9 Å². The fourth-order valence-electron chi connectivity index (χ4n) is 5.07. The minimum absolute atomic E-state index is 0.0266. The van der Waals surface area contributed by atoms with Crippen LogP contribution in [0.5, 0.6) is 5.75 Å². The van der Waals surface area contributed by atoms with Crippen molar-refractivity contribution in [3.63, 3.8) is 0 Å². The summed E-state index contributed by atoms with van der Waals surface area (Å²) in [6.07, 6.45) is 1.27. The molecule has 12 heteroatoms. The lowest BCUT2D eigenvalue weighted by Crippen LogP contribution is -2.48. The summed E-state index contributed by atoms with van der Waals surface area (Å²) in [6, 6.07) is 11.1. The van der Waals surface area contributed by atoms with Gasteiger partial charge in [0.2, 0.25) is 20.0 Å². The number of hydrogen-bond acceptors (Lipinski definition) is 8. The maximum Gasteiger partial charge on any atom is 0.246 e. The topological polar surface area (TPSA) is 120 Å². The summed E-state index contributed by atoms with van der Waals surface area (Å²) in [5, 5.41) is 0. The zero-order valence-electron chi connectivity index (χ0n) is 23.3. The van der Waals surface area contributed by atoms with Crippen LogP contribution in [0.3, 0.4) is 0 Å². The molecule has 0 spiro atoms. The Morgan fingerprint density at radius 1 is 0.800 bits per heavy atom. The van der Waals surface area contributed by atoms with E-state index in [1.807, 2.05) is 0 Å². The second-order valence-electron chi connectivity index (χ2n) is 10.3. The lowest BCUT2D eigenvalue weighted by molar-refractivity contribution is -0.0441. The minimum atomic E-state index is -4.20. The van der Waals surface area contributed by atoms with E-state index in [9.17, 15) is 21.6 Å². The largest absolute Gasteiger partial charge is 0.495 e. The fraction of sp³-hybridized carbons (Fsp3) is 0.464. The molecule has 40 heavy (non-hydrogen) atoms. The highest BCUT2D eigenvalue weighted by Gasteiger charge is 2.38. The first-order chi connectivity index (χ1) is 18.8. The summed E-state index contributed by atoms with van der Waals surface area (Å²) in [5.41, 5.74) is 0.566. The van der Waals surface area contributed by atoms with Crippen LogP contribution in [-0.2, 0) is 29.5 Å². The molecule has 0 saturated carbocycles. The molecule has 2 aromatic rings. The first-order valence-electron chi connectivity index (χ1n) is 13.1. The van der Waals surface area contributed by atoms with Gasteiger partial charge < -0.3 is 14.2 Å². The average molecular weight is 593 g/mol. The Hall–Kier alpha value is -2.61. The lowest BCUT2D eigenvalue weighted by atomic mass is 10.1. The van der Waals surface area contributed by atoms with Gasteiger partial charge in [0.1, 0.15) is 10.6 Å². The monoisotopic (exact) mass is 592 g/mol. The lowest BCUT2D eigenvalue weighted by Gasteiger charge is -2.35. The predicted molar refractivity (Wildman–Crippen MR) is 150 cm³/mol. The normalized spacial score (nSPS) is 25.2. The third-order valence-electron chi connectivity index (χ3n) is 6.78. The van der Waals surface area contributed by atoms with E-state index in [2.05, 4.69) is 0 Å². The van der Waals surface area contributed by atoms with Crippen molar-refractivity contribution in [3.05, 3.63) is 59.7 Å². The van der Waals surface area contributed by atoms with Crippen molar-refractivity contribution < 1.29 is 35.8 Å². The molecule has 0 amide bonds. The number of carbonyl (C=O) groups is 1. The van der Waals surface area contributed by atoms with E-state index in [-0.39, 0.29) is 77.5 Å². The van der Waals surface area contributed by atoms with Crippen LogP contribution < -0.4 is 4.74 Å². The molecule has 0 unspecified atom stereocenters. The molecular weight excluding hydrogens is 556 g/mol. The van der Waals surface area contributed by atoms with Gasteiger partial charge in [-0.1, -0.05) is 30.3 Å². The van der Waals surface area contributed by atoms with Crippen molar-refractivity contribution in [3.8, 4) is 5.75 Å². The fourth-order valence-corrected chi connectivity index (χ4v) is 8.68. The summed E-state index contributed by atoms with van der Waals surface area (Å²) in [4.78, 5) is 12.3. The molecule has 2 fully saturated rings. The van der Waals surface area contributed by atoms with E-state index in [1.54, 1.807) is 58.0 Å². The van der Waals surface area contributed by atoms with Crippen molar-refractivity contribution >= 4 is 31.9 Å². The third kappa shape index (κ3) is 6.48. The maximum absolute atomic E-state index is 14.1. The van der Waals surface area contributed by atoms with Gasteiger partial charge in [0.15, 0.2) is 5.78 Å². The van der Waals surface area contributed by atoms with Gasteiger partial charge in [0.25, 0.3) is 0 Å². The highest BCUT2D eigenvalue weighted by Crippen LogP contribution is 2.36. The number of benzene rings is 2. The van der Waals surface area contributed by atoms with Gasteiger partial charge in [-0.25, -0.2) is 16.8 Å². The van der Waals surface area contributed by atoms with Gasteiger partial charge in [0, 0.05) is 31.7 Å². The van der Waals surface area contributed by atoms with Crippen LogP contribution in [0.25, 0.3) is 6.08 Å².